The Labute approximate surface area is 177 Å². The second-order valence-electron chi connectivity index (χ2n) is 6.66. The number of likely N-dealkylation sites (N-methyl/N-ethyl adjacent to an activating group) is 1. The molecule has 2 aromatic carbocycles. The number of pyridine rings is 1. The summed E-state index contributed by atoms with van der Waals surface area (Å²) >= 11 is 3.09. The number of carbonyl (C=O) groups excluding carboxylic acids is 1. The van der Waals surface area contributed by atoms with Crippen molar-refractivity contribution in [3.63, 3.8) is 0 Å². The third kappa shape index (κ3) is 3.01. The van der Waals surface area contributed by atoms with Gasteiger partial charge < -0.3 is 4.90 Å². The SMILES string of the molecule is CCN1C(=O)/C(=C2/Sc3ccccc3N2C)SC1=Nc1cccc2ncccc12. The normalized spacial score (nSPS) is 20.2. The zero-order chi connectivity index (χ0) is 20.0. The standard InChI is InChI=1S/C22H18N4OS2/c1-3-26-20(27)19(21-25(2)17-11-4-5-12-18(17)28-21)29-22(26)24-16-10-6-9-15-14(16)8-7-13-23-15/h4-13H,3H2,1-2H3/b21-19-,24-22?. The van der Waals surface area contributed by atoms with Crippen molar-refractivity contribution in [3.8, 4) is 0 Å². The van der Waals surface area contributed by atoms with E-state index in [0.717, 1.165) is 32.2 Å². The van der Waals surface area contributed by atoms with Gasteiger partial charge in [0.15, 0.2) is 5.17 Å². The van der Waals surface area contributed by atoms with Crippen molar-refractivity contribution in [1.29, 1.82) is 0 Å². The molecule has 144 valence electrons. The lowest BCUT2D eigenvalue weighted by Gasteiger charge is -2.15. The van der Waals surface area contributed by atoms with Gasteiger partial charge in [0.2, 0.25) is 0 Å². The number of fused-ring (bicyclic) bond motifs is 2. The van der Waals surface area contributed by atoms with E-state index in [1.165, 1.54) is 16.7 Å². The third-order valence-electron chi connectivity index (χ3n) is 4.95. The van der Waals surface area contributed by atoms with Gasteiger partial charge in [0.25, 0.3) is 5.91 Å². The van der Waals surface area contributed by atoms with E-state index in [4.69, 9.17) is 4.99 Å². The fourth-order valence-corrected chi connectivity index (χ4v) is 5.89. The van der Waals surface area contributed by atoms with Crippen LogP contribution in [0.25, 0.3) is 10.9 Å². The number of carbonyl (C=O) groups is 1. The Balaban J connectivity index is 1.58. The van der Waals surface area contributed by atoms with Crippen molar-refractivity contribution in [2.45, 2.75) is 11.8 Å². The highest BCUT2D eigenvalue weighted by atomic mass is 32.2. The average molecular weight is 419 g/mol. The highest BCUT2D eigenvalue weighted by Gasteiger charge is 2.38. The Kier molecular flexibility index (Phi) is 4.56. The number of anilines is 1. The molecule has 0 spiro atoms. The first-order valence-electron chi connectivity index (χ1n) is 9.34. The molecule has 5 nitrogen and oxygen atoms in total. The van der Waals surface area contributed by atoms with Crippen LogP contribution in [0.4, 0.5) is 11.4 Å². The molecule has 0 saturated carbocycles. The van der Waals surface area contributed by atoms with Gasteiger partial charge in [-0.05, 0) is 55.1 Å². The monoisotopic (exact) mass is 418 g/mol. The number of amidine groups is 1. The smallest absolute Gasteiger partial charge is 0.269 e. The number of rotatable bonds is 2. The van der Waals surface area contributed by atoms with Gasteiger partial charge in [0.05, 0.1) is 21.9 Å². The fourth-order valence-electron chi connectivity index (χ4n) is 3.49. The molecule has 3 aromatic rings. The molecule has 7 heteroatoms. The minimum absolute atomic E-state index is 0.0109. The maximum atomic E-state index is 13.2. The molecule has 29 heavy (non-hydrogen) atoms. The number of hydrogen-bond donors (Lipinski definition) is 0. The van der Waals surface area contributed by atoms with Crippen LogP contribution in [-0.2, 0) is 4.79 Å². The van der Waals surface area contributed by atoms with Crippen molar-refractivity contribution in [1.82, 2.24) is 9.88 Å². The molecule has 1 saturated heterocycles. The van der Waals surface area contributed by atoms with Gasteiger partial charge in [0.1, 0.15) is 4.91 Å². The van der Waals surface area contributed by atoms with Gasteiger partial charge in [-0.2, -0.15) is 0 Å². The molecule has 1 aromatic heterocycles. The zero-order valence-corrected chi connectivity index (χ0v) is 17.6. The molecule has 0 bridgehead atoms. The Hall–Kier alpha value is -2.77. The van der Waals surface area contributed by atoms with E-state index >= 15 is 0 Å². The largest absolute Gasteiger partial charge is 0.337 e. The van der Waals surface area contributed by atoms with Crippen molar-refractivity contribution >= 4 is 56.9 Å². The molecule has 1 fully saturated rings. The lowest BCUT2D eigenvalue weighted by Crippen LogP contribution is -2.29. The first-order valence-corrected chi connectivity index (χ1v) is 11.0. The van der Waals surface area contributed by atoms with E-state index in [0.29, 0.717) is 11.7 Å². The summed E-state index contributed by atoms with van der Waals surface area (Å²) < 4.78 is 0. The lowest BCUT2D eigenvalue weighted by molar-refractivity contribution is -0.122. The molecule has 1 amide bonds. The molecule has 0 N–H and O–H groups in total. The first kappa shape index (κ1) is 18.3. The van der Waals surface area contributed by atoms with Crippen LogP contribution in [0.3, 0.4) is 0 Å². The highest BCUT2D eigenvalue weighted by Crippen LogP contribution is 2.50. The molecule has 0 unspecified atom stereocenters. The molecular weight excluding hydrogens is 400 g/mol. The number of nitrogens with zero attached hydrogens (tertiary/aromatic N) is 4. The third-order valence-corrected chi connectivity index (χ3v) is 7.38. The Morgan fingerprint density at radius 2 is 1.90 bits per heavy atom. The number of aromatic nitrogens is 1. The Bertz CT molecular complexity index is 1200. The van der Waals surface area contributed by atoms with Crippen LogP contribution in [0.15, 0.2) is 80.6 Å². The number of para-hydroxylation sites is 1. The highest BCUT2D eigenvalue weighted by molar-refractivity contribution is 8.19. The summed E-state index contributed by atoms with van der Waals surface area (Å²) in [5.74, 6) is 0.0109. The summed E-state index contributed by atoms with van der Waals surface area (Å²) in [5.41, 5.74) is 2.85. The summed E-state index contributed by atoms with van der Waals surface area (Å²) in [6, 6.07) is 18.0. The fraction of sp³-hybridized carbons (Fsp3) is 0.136. The van der Waals surface area contributed by atoms with Crippen LogP contribution in [0, 0.1) is 0 Å². The van der Waals surface area contributed by atoms with Gasteiger partial charge in [0, 0.05) is 30.1 Å². The molecule has 0 atom stereocenters. The van der Waals surface area contributed by atoms with E-state index in [1.54, 1.807) is 22.9 Å². The number of aliphatic imine (C=N–C) groups is 1. The molecular formula is C22H18N4OS2. The summed E-state index contributed by atoms with van der Waals surface area (Å²) in [4.78, 5) is 28.2. The molecule has 2 aliphatic rings. The van der Waals surface area contributed by atoms with Gasteiger partial charge >= 0.3 is 0 Å². The van der Waals surface area contributed by atoms with Crippen LogP contribution in [0.2, 0.25) is 0 Å². The van der Waals surface area contributed by atoms with E-state index < -0.39 is 0 Å². The van der Waals surface area contributed by atoms with E-state index in [9.17, 15) is 4.79 Å². The predicted molar refractivity (Wildman–Crippen MR) is 122 cm³/mol. The summed E-state index contributed by atoms with van der Waals surface area (Å²) in [6.45, 7) is 2.55. The molecule has 3 heterocycles. The van der Waals surface area contributed by atoms with Crippen LogP contribution >= 0.6 is 23.5 Å². The van der Waals surface area contributed by atoms with Gasteiger partial charge in [-0.15, -0.1) is 0 Å². The first-order chi connectivity index (χ1) is 14.2. The van der Waals surface area contributed by atoms with Crippen molar-refractivity contribution in [2.24, 2.45) is 4.99 Å². The number of amides is 1. The van der Waals surface area contributed by atoms with Crippen LogP contribution in [-0.4, -0.2) is 34.6 Å². The van der Waals surface area contributed by atoms with Crippen LogP contribution in [0.5, 0.6) is 0 Å². The molecule has 0 radical (unpaired) electrons. The quantitative estimate of drug-likeness (QED) is 0.534. The molecule has 2 aliphatic heterocycles. The Morgan fingerprint density at radius 3 is 2.72 bits per heavy atom. The summed E-state index contributed by atoms with van der Waals surface area (Å²) in [6.07, 6.45) is 1.78. The minimum atomic E-state index is 0.0109. The van der Waals surface area contributed by atoms with Crippen molar-refractivity contribution < 1.29 is 4.79 Å². The Morgan fingerprint density at radius 1 is 1.03 bits per heavy atom. The van der Waals surface area contributed by atoms with E-state index in [2.05, 4.69) is 22.0 Å². The lowest BCUT2D eigenvalue weighted by atomic mass is 10.2. The van der Waals surface area contributed by atoms with Crippen molar-refractivity contribution in [3.05, 3.63) is 70.7 Å². The summed E-state index contributed by atoms with van der Waals surface area (Å²) in [5, 5.41) is 2.65. The number of benzene rings is 2. The van der Waals surface area contributed by atoms with E-state index in [1.807, 2.05) is 56.4 Å². The minimum Gasteiger partial charge on any atom is -0.337 e. The predicted octanol–water partition coefficient (Wildman–Crippen LogP) is 5.23. The second kappa shape index (κ2) is 7.24. The van der Waals surface area contributed by atoms with E-state index in [-0.39, 0.29) is 5.91 Å². The van der Waals surface area contributed by atoms with Crippen molar-refractivity contribution in [2.75, 3.05) is 18.5 Å². The number of thioether (sulfide) groups is 2. The second-order valence-corrected chi connectivity index (χ2v) is 8.66. The maximum absolute atomic E-state index is 13.2. The number of hydrogen-bond acceptors (Lipinski definition) is 6. The van der Waals surface area contributed by atoms with Gasteiger partial charge in [-0.1, -0.05) is 30.0 Å². The van der Waals surface area contributed by atoms with Gasteiger partial charge in [-0.3, -0.25) is 14.7 Å². The van der Waals surface area contributed by atoms with Gasteiger partial charge in [-0.25, -0.2) is 4.99 Å². The maximum Gasteiger partial charge on any atom is 0.269 e. The molecule has 5 rings (SSSR count). The summed E-state index contributed by atoms with van der Waals surface area (Å²) in [7, 11) is 2.01. The van der Waals surface area contributed by atoms with Crippen LogP contribution < -0.4 is 4.90 Å². The zero-order valence-electron chi connectivity index (χ0n) is 16.0. The van der Waals surface area contributed by atoms with Crippen LogP contribution in [0.1, 0.15) is 6.92 Å². The molecule has 0 aliphatic carbocycles. The average Bonchev–Trinajstić information content (AvgIpc) is 3.24. The topological polar surface area (TPSA) is 48.8 Å².